The van der Waals surface area contributed by atoms with E-state index in [1.165, 1.54) is 40.5 Å². The van der Waals surface area contributed by atoms with Gasteiger partial charge in [-0.25, -0.2) is 9.97 Å². The first-order valence-corrected chi connectivity index (χ1v) is 12.3. The van der Waals surface area contributed by atoms with Crippen LogP contribution < -0.4 is 10.6 Å². The number of hydrogen-bond acceptors (Lipinski definition) is 7. The molecule has 6 nitrogen and oxygen atoms in total. The van der Waals surface area contributed by atoms with Crippen LogP contribution in [-0.4, -0.2) is 27.0 Å². The van der Waals surface area contributed by atoms with Crippen LogP contribution in [0.4, 0.5) is 10.8 Å². The molecule has 31 heavy (non-hydrogen) atoms. The van der Waals surface area contributed by atoms with E-state index >= 15 is 0 Å². The normalized spacial score (nSPS) is 12.0. The van der Waals surface area contributed by atoms with Crippen molar-refractivity contribution in [2.75, 3.05) is 10.6 Å². The molecule has 0 aliphatic rings. The number of nitrogens with one attached hydrogen (secondary N) is 2. The van der Waals surface area contributed by atoms with Crippen molar-refractivity contribution in [3.63, 3.8) is 0 Å². The molecule has 0 saturated carbocycles. The molecule has 1 unspecified atom stereocenters. The van der Waals surface area contributed by atoms with Gasteiger partial charge in [0.25, 0.3) is 5.91 Å². The minimum atomic E-state index is -0.337. The molecule has 2 aromatic heterocycles. The van der Waals surface area contributed by atoms with Crippen LogP contribution in [0.15, 0.2) is 52.3 Å². The van der Waals surface area contributed by atoms with Gasteiger partial charge in [-0.2, -0.15) is 0 Å². The number of benzene rings is 2. The number of carbonyl (C=O) groups is 2. The van der Waals surface area contributed by atoms with Gasteiger partial charge in [0.2, 0.25) is 5.91 Å². The number of thioether (sulfide) groups is 1. The first kappa shape index (κ1) is 22.0. The topological polar surface area (TPSA) is 84.0 Å². The zero-order chi connectivity index (χ0) is 22.0. The van der Waals surface area contributed by atoms with Gasteiger partial charge in [-0.15, -0.1) is 22.7 Å². The van der Waals surface area contributed by atoms with E-state index in [1.54, 1.807) is 29.8 Å². The van der Waals surface area contributed by atoms with Gasteiger partial charge in [0.1, 0.15) is 0 Å². The molecule has 2 N–H and O–H groups in total. The molecule has 2 heterocycles. The standard InChI is InChI=1S/C20H14Cl2N4O2S3/c1-10(17(27)26-19-23-6-7-29-19)30-20-25-15-5-3-12(9-16(15)31-20)24-18(28)13-4-2-11(21)8-14(13)22/h2-10H,1H3,(H,24,28)(H,23,26,27). The van der Waals surface area contributed by atoms with Crippen LogP contribution in [0.3, 0.4) is 0 Å². The van der Waals surface area contributed by atoms with Crippen LogP contribution in [0, 0.1) is 0 Å². The van der Waals surface area contributed by atoms with Gasteiger partial charge >= 0.3 is 0 Å². The number of thiazole rings is 2. The van der Waals surface area contributed by atoms with E-state index in [1.807, 2.05) is 19.1 Å². The van der Waals surface area contributed by atoms with Gasteiger partial charge in [0.15, 0.2) is 9.47 Å². The fourth-order valence-electron chi connectivity index (χ4n) is 2.60. The highest BCUT2D eigenvalue weighted by molar-refractivity contribution is 8.02. The van der Waals surface area contributed by atoms with E-state index in [4.69, 9.17) is 23.2 Å². The van der Waals surface area contributed by atoms with Gasteiger partial charge in [-0.1, -0.05) is 35.0 Å². The summed E-state index contributed by atoms with van der Waals surface area (Å²) in [6.45, 7) is 1.82. The van der Waals surface area contributed by atoms with Gasteiger partial charge in [0.05, 0.1) is 26.1 Å². The Morgan fingerprint density at radius 1 is 1.13 bits per heavy atom. The Hall–Kier alpha value is -2.17. The average Bonchev–Trinajstić information content (AvgIpc) is 3.36. The van der Waals surface area contributed by atoms with Crippen LogP contribution in [0.2, 0.25) is 10.0 Å². The molecule has 4 rings (SSSR count). The molecule has 0 spiro atoms. The van der Waals surface area contributed by atoms with Gasteiger partial charge in [0, 0.05) is 22.3 Å². The minimum absolute atomic E-state index is 0.132. The Balaban J connectivity index is 1.45. The summed E-state index contributed by atoms with van der Waals surface area (Å²) in [5, 5.41) is 8.42. The van der Waals surface area contributed by atoms with Crippen molar-refractivity contribution in [1.29, 1.82) is 0 Å². The number of aromatic nitrogens is 2. The van der Waals surface area contributed by atoms with Crippen molar-refractivity contribution in [2.45, 2.75) is 16.5 Å². The first-order valence-electron chi connectivity index (χ1n) is 8.93. The average molecular weight is 509 g/mol. The summed E-state index contributed by atoms with van der Waals surface area (Å²) >= 11 is 16.2. The van der Waals surface area contributed by atoms with Crippen LogP contribution >= 0.6 is 57.6 Å². The van der Waals surface area contributed by atoms with Crippen LogP contribution in [0.5, 0.6) is 0 Å². The van der Waals surface area contributed by atoms with E-state index in [0.29, 0.717) is 21.4 Å². The maximum absolute atomic E-state index is 12.5. The number of anilines is 2. The number of fused-ring (bicyclic) bond motifs is 1. The van der Waals surface area contributed by atoms with Crippen LogP contribution in [0.25, 0.3) is 10.2 Å². The molecule has 0 bridgehead atoms. The molecule has 0 radical (unpaired) electrons. The predicted octanol–water partition coefficient (Wildman–Crippen LogP) is 6.43. The lowest BCUT2D eigenvalue weighted by Gasteiger charge is -2.07. The van der Waals surface area contributed by atoms with Crippen molar-refractivity contribution in [3.8, 4) is 0 Å². The summed E-state index contributed by atoms with van der Waals surface area (Å²) in [5.74, 6) is -0.459. The second-order valence-electron chi connectivity index (χ2n) is 6.33. The molecule has 2 aromatic carbocycles. The lowest BCUT2D eigenvalue weighted by Crippen LogP contribution is -2.22. The fraction of sp³-hybridized carbons (Fsp3) is 0.100. The van der Waals surface area contributed by atoms with Gasteiger partial charge in [-0.05, 0) is 43.3 Å². The molecule has 158 valence electrons. The van der Waals surface area contributed by atoms with Crippen molar-refractivity contribution in [3.05, 3.63) is 63.6 Å². The zero-order valence-electron chi connectivity index (χ0n) is 15.9. The molecular formula is C20H14Cl2N4O2S3. The molecule has 4 aromatic rings. The minimum Gasteiger partial charge on any atom is -0.322 e. The van der Waals surface area contributed by atoms with Crippen LogP contribution in [-0.2, 0) is 4.79 Å². The molecule has 0 saturated heterocycles. The highest BCUT2D eigenvalue weighted by atomic mass is 35.5. The number of carbonyl (C=O) groups excluding carboxylic acids is 2. The smallest absolute Gasteiger partial charge is 0.257 e. The molecule has 0 fully saturated rings. The van der Waals surface area contributed by atoms with E-state index in [9.17, 15) is 9.59 Å². The van der Waals surface area contributed by atoms with E-state index < -0.39 is 0 Å². The number of halogens is 2. The summed E-state index contributed by atoms with van der Waals surface area (Å²) in [5.41, 5.74) is 1.76. The SMILES string of the molecule is CC(Sc1nc2ccc(NC(=O)c3ccc(Cl)cc3Cl)cc2s1)C(=O)Nc1nccs1. The van der Waals surface area contributed by atoms with Crippen molar-refractivity contribution >= 4 is 90.5 Å². The summed E-state index contributed by atoms with van der Waals surface area (Å²) in [6, 6.07) is 10.2. The third kappa shape index (κ3) is 5.36. The second kappa shape index (κ2) is 9.54. The largest absolute Gasteiger partial charge is 0.322 e. The van der Waals surface area contributed by atoms with Gasteiger partial charge < -0.3 is 10.6 Å². The maximum atomic E-state index is 12.5. The maximum Gasteiger partial charge on any atom is 0.257 e. The Labute approximate surface area is 200 Å². The summed E-state index contributed by atoms with van der Waals surface area (Å²) in [6.07, 6.45) is 1.64. The van der Waals surface area contributed by atoms with E-state index in [-0.39, 0.29) is 22.1 Å². The van der Waals surface area contributed by atoms with Crippen LogP contribution in [0.1, 0.15) is 17.3 Å². The van der Waals surface area contributed by atoms with Crippen molar-refractivity contribution in [2.24, 2.45) is 0 Å². The van der Waals surface area contributed by atoms with E-state index in [0.717, 1.165) is 14.6 Å². The Bertz CT molecular complexity index is 1260. The molecule has 1 atom stereocenters. The number of amides is 2. The molecule has 11 heteroatoms. The van der Waals surface area contributed by atoms with Gasteiger partial charge in [-0.3, -0.25) is 9.59 Å². The van der Waals surface area contributed by atoms with E-state index in [2.05, 4.69) is 20.6 Å². The quantitative estimate of drug-likeness (QED) is 0.293. The Morgan fingerprint density at radius 2 is 1.97 bits per heavy atom. The number of hydrogen-bond donors (Lipinski definition) is 2. The first-order chi connectivity index (χ1) is 14.9. The number of rotatable bonds is 6. The third-order valence-electron chi connectivity index (χ3n) is 4.11. The predicted molar refractivity (Wildman–Crippen MR) is 130 cm³/mol. The number of nitrogens with zero attached hydrogens (tertiary/aromatic N) is 2. The Morgan fingerprint density at radius 3 is 2.71 bits per heavy atom. The summed E-state index contributed by atoms with van der Waals surface area (Å²) in [7, 11) is 0. The van der Waals surface area contributed by atoms with Crippen molar-refractivity contribution < 1.29 is 9.59 Å². The highest BCUT2D eigenvalue weighted by Crippen LogP contribution is 2.34. The molecule has 0 aliphatic carbocycles. The zero-order valence-corrected chi connectivity index (χ0v) is 19.8. The lowest BCUT2D eigenvalue weighted by atomic mass is 10.2. The fourth-order valence-corrected chi connectivity index (χ4v) is 5.88. The molecular weight excluding hydrogens is 495 g/mol. The Kier molecular flexibility index (Phi) is 6.78. The second-order valence-corrected chi connectivity index (χ2v) is 10.7. The lowest BCUT2D eigenvalue weighted by molar-refractivity contribution is -0.115. The monoisotopic (exact) mass is 508 g/mol. The molecule has 2 amide bonds. The highest BCUT2D eigenvalue weighted by Gasteiger charge is 2.18. The summed E-state index contributed by atoms with van der Waals surface area (Å²) in [4.78, 5) is 33.5. The van der Waals surface area contributed by atoms with Crippen molar-refractivity contribution in [1.82, 2.24) is 9.97 Å². The summed E-state index contributed by atoms with van der Waals surface area (Å²) < 4.78 is 1.66. The molecule has 0 aliphatic heterocycles. The third-order valence-corrected chi connectivity index (χ3v) is 7.56.